The van der Waals surface area contributed by atoms with Gasteiger partial charge in [0.15, 0.2) is 0 Å². The minimum atomic E-state index is -4.65. The summed E-state index contributed by atoms with van der Waals surface area (Å²) in [5.74, 6) is -0.188. The van der Waals surface area contributed by atoms with Gasteiger partial charge >= 0.3 is 18.2 Å². The van der Waals surface area contributed by atoms with Crippen LogP contribution in [0.3, 0.4) is 0 Å². The molecule has 0 saturated carbocycles. The molecule has 4 rings (SSSR count). The van der Waals surface area contributed by atoms with Crippen LogP contribution in [0.2, 0.25) is 10.0 Å². The fourth-order valence-electron chi connectivity index (χ4n) is 4.77. The Hall–Kier alpha value is -2.91. The van der Waals surface area contributed by atoms with E-state index >= 15 is 0 Å². The molecule has 2 aliphatic heterocycles. The molecule has 2 atom stereocenters. The van der Waals surface area contributed by atoms with Gasteiger partial charge in [-0.15, -0.1) is 0 Å². The van der Waals surface area contributed by atoms with Crippen LogP contribution in [0.15, 0.2) is 48.0 Å². The van der Waals surface area contributed by atoms with E-state index in [-0.39, 0.29) is 36.8 Å². The van der Waals surface area contributed by atoms with Crippen LogP contribution in [0.4, 0.5) is 18.0 Å². The van der Waals surface area contributed by atoms with E-state index in [2.05, 4.69) is 5.32 Å². The normalized spacial score (nSPS) is 19.3. The zero-order chi connectivity index (χ0) is 26.0. The largest absolute Gasteiger partial charge is 0.490 e. The average molecular weight is 543 g/mol. The van der Waals surface area contributed by atoms with Gasteiger partial charge in [0.2, 0.25) is 0 Å². The minimum Gasteiger partial charge on any atom is -0.490 e. The highest BCUT2D eigenvalue weighted by Gasteiger charge is 2.47. The molecular weight excluding hydrogens is 520 g/mol. The van der Waals surface area contributed by atoms with Crippen molar-refractivity contribution in [3.05, 3.63) is 69.2 Å². The van der Waals surface area contributed by atoms with Crippen molar-refractivity contribution < 1.29 is 32.2 Å². The number of nitrogens with zero attached hydrogens (tertiary/aromatic N) is 1. The first-order valence-corrected chi connectivity index (χ1v) is 12.0. The molecule has 1 saturated heterocycles. The quantitative estimate of drug-likeness (QED) is 0.361. The maximum atomic E-state index is 13.5. The lowest BCUT2D eigenvalue weighted by atomic mass is 9.87. The number of carbonyl (C=O) groups excluding carboxylic acids is 2. The van der Waals surface area contributed by atoms with Gasteiger partial charge in [-0.2, -0.15) is 13.2 Å². The predicted molar refractivity (Wildman–Crippen MR) is 129 cm³/mol. The number of alkyl halides is 3. The van der Waals surface area contributed by atoms with Gasteiger partial charge in [0.1, 0.15) is 12.4 Å². The second-order valence-corrected chi connectivity index (χ2v) is 9.26. The third-order valence-corrected chi connectivity index (χ3v) is 6.97. The molecule has 2 aliphatic rings. The van der Waals surface area contributed by atoms with Crippen LogP contribution in [-0.2, 0) is 15.7 Å². The molecule has 36 heavy (non-hydrogen) atoms. The summed E-state index contributed by atoms with van der Waals surface area (Å²) in [7, 11) is 1.20. The highest BCUT2D eigenvalue weighted by Crippen LogP contribution is 2.45. The molecule has 2 heterocycles. The number of hydrogen-bond donors (Lipinski definition) is 1. The van der Waals surface area contributed by atoms with E-state index in [0.717, 1.165) is 6.07 Å². The van der Waals surface area contributed by atoms with Gasteiger partial charge in [0, 0.05) is 6.04 Å². The number of halogens is 5. The second kappa shape index (κ2) is 10.6. The van der Waals surface area contributed by atoms with E-state index in [1.54, 1.807) is 29.2 Å². The lowest BCUT2D eigenvalue weighted by Crippen LogP contribution is -2.51. The number of esters is 1. The number of benzene rings is 2. The Kier molecular flexibility index (Phi) is 7.70. The number of methoxy groups -OCH3 is 1. The summed E-state index contributed by atoms with van der Waals surface area (Å²) >= 11 is 11.8. The predicted octanol–water partition coefficient (Wildman–Crippen LogP) is 5.96. The molecule has 2 aromatic carbocycles. The maximum Gasteiger partial charge on any atom is 0.417 e. The third kappa shape index (κ3) is 5.27. The zero-order valence-corrected chi connectivity index (χ0v) is 20.7. The lowest BCUT2D eigenvalue weighted by Gasteiger charge is -2.37. The Labute approximate surface area is 215 Å². The number of para-hydroxylation sites is 1. The van der Waals surface area contributed by atoms with Crippen LogP contribution in [0.5, 0.6) is 5.75 Å². The van der Waals surface area contributed by atoms with Gasteiger partial charge in [-0.25, -0.2) is 9.59 Å². The topological polar surface area (TPSA) is 67.9 Å². The molecule has 1 fully saturated rings. The first kappa shape index (κ1) is 26.2. The second-order valence-electron chi connectivity index (χ2n) is 8.45. The van der Waals surface area contributed by atoms with E-state index in [4.69, 9.17) is 32.7 Å². The van der Waals surface area contributed by atoms with Crippen molar-refractivity contribution in [1.82, 2.24) is 10.2 Å². The van der Waals surface area contributed by atoms with Crippen molar-refractivity contribution >= 4 is 40.8 Å². The van der Waals surface area contributed by atoms with Gasteiger partial charge in [-0.3, -0.25) is 0 Å². The first-order chi connectivity index (χ1) is 17.1. The summed E-state index contributed by atoms with van der Waals surface area (Å²) in [4.78, 5) is 27.4. The smallest absolute Gasteiger partial charge is 0.417 e. The Morgan fingerprint density at radius 1 is 1.11 bits per heavy atom. The monoisotopic (exact) mass is 542 g/mol. The summed E-state index contributed by atoms with van der Waals surface area (Å²) in [6, 6.07) is 9.23. The highest BCUT2D eigenvalue weighted by atomic mass is 35.5. The van der Waals surface area contributed by atoms with Gasteiger partial charge < -0.3 is 19.7 Å². The van der Waals surface area contributed by atoms with Crippen LogP contribution >= 0.6 is 23.2 Å². The summed E-state index contributed by atoms with van der Waals surface area (Å²) in [6.45, 7) is 0.366. The molecule has 0 spiro atoms. The first-order valence-electron chi connectivity index (χ1n) is 11.2. The highest BCUT2D eigenvalue weighted by molar-refractivity contribution is 6.32. The van der Waals surface area contributed by atoms with Gasteiger partial charge in [0.05, 0.1) is 40.9 Å². The SMILES string of the molecule is COC(=O)C1=C(c2ccc(Cl)c(C(F)(F)F)c2)C[C@@H]2CC[C@H]1N2C(=O)NCCOc1ccccc1Cl. The van der Waals surface area contributed by atoms with Gasteiger partial charge in [-0.05, 0) is 54.7 Å². The van der Waals surface area contributed by atoms with E-state index in [1.165, 1.54) is 19.2 Å². The van der Waals surface area contributed by atoms with Crippen molar-refractivity contribution in [2.45, 2.75) is 37.5 Å². The summed E-state index contributed by atoms with van der Waals surface area (Å²) in [5, 5.41) is 2.82. The molecule has 2 bridgehead atoms. The van der Waals surface area contributed by atoms with Crippen LogP contribution in [-0.4, -0.2) is 49.2 Å². The number of urea groups is 1. The number of ether oxygens (including phenoxy) is 2. The number of hydrogen-bond acceptors (Lipinski definition) is 4. The molecule has 6 nitrogen and oxygen atoms in total. The maximum absolute atomic E-state index is 13.5. The van der Waals surface area contributed by atoms with Crippen LogP contribution in [0.1, 0.15) is 30.4 Å². The molecule has 0 aliphatic carbocycles. The lowest BCUT2D eigenvalue weighted by molar-refractivity contribution is -0.137. The van der Waals surface area contributed by atoms with Crippen molar-refractivity contribution in [2.75, 3.05) is 20.3 Å². The van der Waals surface area contributed by atoms with Crippen LogP contribution in [0.25, 0.3) is 5.57 Å². The Bertz CT molecular complexity index is 1200. The number of fused-ring (bicyclic) bond motifs is 2. The summed E-state index contributed by atoms with van der Waals surface area (Å²) < 4.78 is 50.9. The minimum absolute atomic E-state index is 0.175. The molecule has 2 aromatic rings. The standard InChI is InChI=1S/C25H23Cl2F3N2O4/c1-35-23(33)22-16(14-6-8-18(26)17(12-14)25(28,29)30)13-15-7-9-20(22)32(15)24(34)31-10-11-36-21-5-3-2-4-19(21)27/h2-6,8,12,15,20H,7,9-11,13H2,1H3,(H,31,34)/t15-,20+/m0/s1. The van der Waals surface area contributed by atoms with Gasteiger partial charge in [0.25, 0.3) is 0 Å². The fraction of sp³-hybridized carbons (Fsp3) is 0.360. The van der Waals surface area contributed by atoms with Crippen LogP contribution < -0.4 is 10.1 Å². The summed E-state index contributed by atoms with van der Waals surface area (Å²) in [5.41, 5.74) is -0.131. The molecule has 192 valence electrons. The summed E-state index contributed by atoms with van der Waals surface area (Å²) in [6.07, 6.45) is -3.35. The zero-order valence-electron chi connectivity index (χ0n) is 19.2. The van der Waals surface area contributed by atoms with Crippen LogP contribution in [0, 0.1) is 0 Å². The van der Waals surface area contributed by atoms with E-state index in [1.807, 2.05) is 0 Å². The third-order valence-electron chi connectivity index (χ3n) is 6.33. The van der Waals surface area contributed by atoms with Crippen molar-refractivity contribution in [3.63, 3.8) is 0 Å². The Morgan fingerprint density at radius 2 is 1.86 bits per heavy atom. The Morgan fingerprint density at radius 3 is 2.56 bits per heavy atom. The fourth-order valence-corrected chi connectivity index (χ4v) is 5.18. The molecule has 0 aromatic heterocycles. The molecule has 2 amide bonds. The number of amides is 2. The van der Waals surface area contributed by atoms with Gasteiger partial charge in [-0.1, -0.05) is 41.4 Å². The molecule has 1 N–H and O–H groups in total. The molecule has 11 heteroatoms. The van der Waals surface area contributed by atoms with Crippen molar-refractivity contribution in [2.24, 2.45) is 0 Å². The number of carbonyl (C=O) groups is 2. The Balaban J connectivity index is 1.55. The molecule has 0 radical (unpaired) electrons. The average Bonchev–Trinajstić information content (AvgIpc) is 3.15. The number of nitrogens with one attached hydrogen (secondary N) is 1. The van der Waals surface area contributed by atoms with E-state index in [0.29, 0.717) is 29.2 Å². The van der Waals surface area contributed by atoms with Crippen molar-refractivity contribution in [1.29, 1.82) is 0 Å². The molecule has 0 unspecified atom stereocenters. The van der Waals surface area contributed by atoms with E-state index in [9.17, 15) is 22.8 Å². The van der Waals surface area contributed by atoms with Crippen molar-refractivity contribution in [3.8, 4) is 5.75 Å². The molecular formula is C25H23Cl2F3N2O4. The van der Waals surface area contributed by atoms with E-state index < -0.39 is 34.8 Å². The number of rotatable bonds is 6.